The SMILES string of the molecule is CC(=O)c1c(C)[nH]c(C(=O)[C@H](C)OC(=O)c2sc(-c3ccccn3)nc2C)c1C. The number of aromatic nitrogens is 3. The number of thiazole rings is 1. The predicted molar refractivity (Wildman–Crippen MR) is 110 cm³/mol. The fraction of sp³-hybridized carbons (Fsp3) is 0.286. The van der Waals surface area contributed by atoms with Crippen molar-refractivity contribution in [3.63, 3.8) is 0 Å². The number of hydrogen-bond acceptors (Lipinski definition) is 7. The van der Waals surface area contributed by atoms with Crippen molar-refractivity contribution >= 4 is 28.9 Å². The molecule has 3 rings (SSSR count). The standard InChI is InChI=1S/C21H21N3O4S/c1-10-16(13(4)25)11(2)23-17(10)18(26)14(5)28-21(27)19-12(3)24-20(29-19)15-8-6-7-9-22-15/h6-9,14,23H,1-5H3/t14-/m0/s1. The van der Waals surface area contributed by atoms with Crippen LogP contribution in [0.5, 0.6) is 0 Å². The lowest BCUT2D eigenvalue weighted by atomic mass is 10.0. The first-order valence-corrected chi connectivity index (χ1v) is 9.86. The van der Waals surface area contributed by atoms with E-state index in [1.165, 1.54) is 25.2 Å². The monoisotopic (exact) mass is 411 g/mol. The van der Waals surface area contributed by atoms with Gasteiger partial charge in [-0.15, -0.1) is 11.3 Å². The van der Waals surface area contributed by atoms with Gasteiger partial charge >= 0.3 is 5.97 Å². The summed E-state index contributed by atoms with van der Waals surface area (Å²) in [6.07, 6.45) is 0.639. The summed E-state index contributed by atoms with van der Waals surface area (Å²) in [5.74, 6) is -1.13. The highest BCUT2D eigenvalue weighted by atomic mass is 32.1. The van der Waals surface area contributed by atoms with Gasteiger partial charge in [-0.25, -0.2) is 9.78 Å². The molecule has 0 amide bonds. The van der Waals surface area contributed by atoms with Gasteiger partial charge < -0.3 is 9.72 Å². The van der Waals surface area contributed by atoms with E-state index in [4.69, 9.17) is 4.74 Å². The number of pyridine rings is 1. The smallest absolute Gasteiger partial charge is 0.350 e. The maximum atomic E-state index is 12.8. The number of carbonyl (C=O) groups excluding carboxylic acids is 3. The topological polar surface area (TPSA) is 102 Å². The Hall–Kier alpha value is -3.13. The van der Waals surface area contributed by atoms with Gasteiger partial charge in [-0.2, -0.15) is 0 Å². The van der Waals surface area contributed by atoms with Gasteiger partial charge in [0.15, 0.2) is 11.9 Å². The number of nitrogens with one attached hydrogen (secondary N) is 1. The van der Waals surface area contributed by atoms with E-state index in [0.29, 0.717) is 38.1 Å². The molecule has 0 saturated heterocycles. The molecule has 3 aromatic rings. The number of aromatic amines is 1. The van der Waals surface area contributed by atoms with Gasteiger partial charge in [0.25, 0.3) is 0 Å². The highest BCUT2D eigenvalue weighted by Gasteiger charge is 2.27. The number of ether oxygens (including phenoxy) is 1. The summed E-state index contributed by atoms with van der Waals surface area (Å²) in [5, 5.41) is 0.607. The van der Waals surface area contributed by atoms with Crippen molar-refractivity contribution in [2.24, 2.45) is 0 Å². The number of aryl methyl sites for hydroxylation is 2. The Kier molecular flexibility index (Phi) is 5.74. The van der Waals surface area contributed by atoms with Crippen LogP contribution in [0.15, 0.2) is 24.4 Å². The van der Waals surface area contributed by atoms with Crippen LogP contribution in [0.4, 0.5) is 0 Å². The summed E-state index contributed by atoms with van der Waals surface area (Å²) in [4.78, 5) is 49.1. The molecule has 0 unspecified atom stereocenters. The van der Waals surface area contributed by atoms with Gasteiger partial charge in [-0.1, -0.05) is 6.07 Å². The molecular formula is C21H21N3O4S. The molecule has 150 valence electrons. The summed E-state index contributed by atoms with van der Waals surface area (Å²) >= 11 is 1.17. The Labute approximate surface area is 172 Å². The van der Waals surface area contributed by atoms with E-state index >= 15 is 0 Å². The maximum absolute atomic E-state index is 12.8. The van der Waals surface area contributed by atoms with Crippen LogP contribution < -0.4 is 0 Å². The Balaban J connectivity index is 1.79. The van der Waals surface area contributed by atoms with E-state index in [0.717, 1.165) is 0 Å². The van der Waals surface area contributed by atoms with Crippen LogP contribution in [0.25, 0.3) is 10.7 Å². The second-order valence-corrected chi connectivity index (χ2v) is 7.74. The summed E-state index contributed by atoms with van der Waals surface area (Å²) < 4.78 is 5.40. The number of hydrogen-bond donors (Lipinski definition) is 1. The Bertz CT molecular complexity index is 1100. The van der Waals surface area contributed by atoms with Gasteiger partial charge in [0.2, 0.25) is 5.78 Å². The molecule has 0 aromatic carbocycles. The van der Waals surface area contributed by atoms with E-state index in [1.807, 2.05) is 12.1 Å². The highest BCUT2D eigenvalue weighted by Crippen LogP contribution is 2.27. The maximum Gasteiger partial charge on any atom is 0.350 e. The zero-order chi connectivity index (χ0) is 21.3. The van der Waals surface area contributed by atoms with Crippen molar-refractivity contribution in [2.75, 3.05) is 0 Å². The Morgan fingerprint density at radius 2 is 1.90 bits per heavy atom. The van der Waals surface area contributed by atoms with Crippen molar-refractivity contribution in [1.29, 1.82) is 0 Å². The van der Waals surface area contributed by atoms with Crippen molar-refractivity contribution in [3.8, 4) is 10.7 Å². The second-order valence-electron chi connectivity index (χ2n) is 6.74. The molecule has 7 nitrogen and oxygen atoms in total. The van der Waals surface area contributed by atoms with Crippen molar-refractivity contribution in [3.05, 3.63) is 57.5 Å². The molecule has 3 aromatic heterocycles. The summed E-state index contributed by atoms with van der Waals surface area (Å²) in [6.45, 7) is 8.11. The molecule has 1 N–H and O–H groups in total. The van der Waals surface area contributed by atoms with Gasteiger partial charge in [0.1, 0.15) is 9.88 Å². The first-order chi connectivity index (χ1) is 13.7. The van der Waals surface area contributed by atoms with Crippen LogP contribution in [0.1, 0.15) is 61.3 Å². The molecule has 0 radical (unpaired) electrons. The molecule has 29 heavy (non-hydrogen) atoms. The largest absolute Gasteiger partial charge is 0.450 e. The fourth-order valence-corrected chi connectivity index (χ4v) is 4.11. The van der Waals surface area contributed by atoms with Crippen LogP contribution in [0.2, 0.25) is 0 Å². The number of esters is 1. The normalized spacial score (nSPS) is 11.9. The second kappa shape index (κ2) is 8.08. The number of rotatable bonds is 6. The lowest BCUT2D eigenvalue weighted by Gasteiger charge is -2.11. The first-order valence-electron chi connectivity index (χ1n) is 9.04. The van der Waals surface area contributed by atoms with E-state index in [9.17, 15) is 14.4 Å². The summed E-state index contributed by atoms with van der Waals surface area (Å²) in [6, 6.07) is 5.45. The van der Waals surface area contributed by atoms with Crippen LogP contribution in [-0.2, 0) is 4.74 Å². The zero-order valence-corrected chi connectivity index (χ0v) is 17.6. The number of carbonyl (C=O) groups is 3. The molecule has 8 heteroatoms. The minimum atomic E-state index is -1.01. The van der Waals surface area contributed by atoms with Crippen LogP contribution >= 0.6 is 11.3 Å². The van der Waals surface area contributed by atoms with E-state index in [-0.39, 0.29) is 11.5 Å². The predicted octanol–water partition coefficient (Wildman–Crippen LogP) is 4.09. The average Bonchev–Trinajstić information content (AvgIpc) is 3.21. The molecule has 0 saturated carbocycles. The fourth-order valence-electron chi connectivity index (χ4n) is 3.18. The molecule has 0 aliphatic rings. The average molecular weight is 411 g/mol. The lowest BCUT2D eigenvalue weighted by molar-refractivity contribution is 0.0320. The molecule has 0 aliphatic heterocycles. The van der Waals surface area contributed by atoms with Crippen LogP contribution in [0.3, 0.4) is 0 Å². The number of Topliss-reactive ketones (excluding diaryl/α,β-unsaturated/α-hetero) is 2. The first kappa shape index (κ1) is 20.6. The van der Waals surface area contributed by atoms with E-state index in [1.54, 1.807) is 33.0 Å². The zero-order valence-electron chi connectivity index (χ0n) is 16.8. The van der Waals surface area contributed by atoms with Crippen molar-refractivity contribution in [1.82, 2.24) is 15.0 Å². The third-order valence-electron chi connectivity index (χ3n) is 4.56. The van der Waals surface area contributed by atoms with E-state index in [2.05, 4.69) is 15.0 Å². The van der Waals surface area contributed by atoms with Crippen molar-refractivity contribution < 1.29 is 19.1 Å². The quantitative estimate of drug-likeness (QED) is 0.484. The van der Waals surface area contributed by atoms with Gasteiger partial charge in [-0.3, -0.25) is 14.6 Å². The summed E-state index contributed by atoms with van der Waals surface area (Å²) in [7, 11) is 0. The van der Waals surface area contributed by atoms with Crippen molar-refractivity contribution in [2.45, 2.75) is 40.7 Å². The third kappa shape index (κ3) is 4.02. The molecule has 0 aliphatic carbocycles. The molecule has 1 atom stereocenters. The Morgan fingerprint density at radius 1 is 1.17 bits per heavy atom. The molecule has 3 heterocycles. The van der Waals surface area contributed by atoms with E-state index < -0.39 is 17.9 Å². The minimum Gasteiger partial charge on any atom is -0.450 e. The lowest BCUT2D eigenvalue weighted by Crippen LogP contribution is -2.25. The van der Waals surface area contributed by atoms with Gasteiger partial charge in [-0.05, 0) is 52.3 Å². The van der Waals surface area contributed by atoms with Gasteiger partial charge in [0, 0.05) is 17.5 Å². The van der Waals surface area contributed by atoms with Crippen LogP contribution in [0, 0.1) is 20.8 Å². The third-order valence-corrected chi connectivity index (χ3v) is 5.71. The minimum absolute atomic E-state index is 0.123. The number of nitrogens with zero attached hydrogens (tertiary/aromatic N) is 2. The summed E-state index contributed by atoms with van der Waals surface area (Å²) in [5.41, 5.74) is 3.14. The molecule has 0 spiro atoms. The molecular weight excluding hydrogens is 390 g/mol. The van der Waals surface area contributed by atoms with Gasteiger partial charge in [0.05, 0.1) is 17.1 Å². The molecule has 0 fully saturated rings. The number of ketones is 2. The Morgan fingerprint density at radius 3 is 2.48 bits per heavy atom. The number of H-pyrrole nitrogens is 1. The van der Waals surface area contributed by atoms with Crippen LogP contribution in [-0.4, -0.2) is 38.6 Å². The molecule has 0 bridgehead atoms. The highest BCUT2D eigenvalue weighted by molar-refractivity contribution is 7.17.